The smallest absolute Gasteiger partial charge is 0.270 e. The van der Waals surface area contributed by atoms with Crippen molar-refractivity contribution in [1.29, 1.82) is 0 Å². The molecule has 1 fully saturated rings. The van der Waals surface area contributed by atoms with Crippen LogP contribution in [0.1, 0.15) is 34.8 Å². The number of hydrogen-bond donors (Lipinski definition) is 2. The highest BCUT2D eigenvalue weighted by Gasteiger charge is 2.37. The van der Waals surface area contributed by atoms with Gasteiger partial charge in [0.2, 0.25) is 0 Å². The number of ether oxygens (including phenoxy) is 1. The zero-order valence-electron chi connectivity index (χ0n) is 9.86. The Hall–Kier alpha value is -0.980. The molecule has 1 aromatic heterocycles. The summed E-state index contributed by atoms with van der Waals surface area (Å²) in [6.07, 6.45) is 3.18. The van der Waals surface area contributed by atoms with Crippen LogP contribution in [-0.2, 0) is 11.3 Å². The fourth-order valence-corrected chi connectivity index (χ4v) is 2.52. The van der Waals surface area contributed by atoms with E-state index in [4.69, 9.17) is 10.5 Å². The van der Waals surface area contributed by atoms with Crippen LogP contribution in [0.3, 0.4) is 0 Å². The highest BCUT2D eigenvalue weighted by molar-refractivity contribution is 7.09. The molecule has 2 rings (SSSR count). The maximum atomic E-state index is 11.8. The molecule has 1 aliphatic rings. The number of thiazole rings is 1. The first-order valence-corrected chi connectivity index (χ1v) is 6.55. The SMILES string of the molecule is COC1(CNC(=O)c2csc(CN)n2)CCC1. The van der Waals surface area contributed by atoms with Crippen LogP contribution in [0.4, 0.5) is 0 Å². The monoisotopic (exact) mass is 255 g/mol. The van der Waals surface area contributed by atoms with Crippen LogP contribution in [0.2, 0.25) is 0 Å². The first kappa shape index (κ1) is 12.5. The lowest BCUT2D eigenvalue weighted by Gasteiger charge is -2.40. The molecule has 0 bridgehead atoms. The van der Waals surface area contributed by atoms with Crippen molar-refractivity contribution in [3.05, 3.63) is 16.1 Å². The summed E-state index contributed by atoms with van der Waals surface area (Å²) in [5.41, 5.74) is 5.75. The number of carbonyl (C=O) groups is 1. The third kappa shape index (κ3) is 2.65. The summed E-state index contributed by atoms with van der Waals surface area (Å²) >= 11 is 1.41. The molecule has 0 aliphatic heterocycles. The molecule has 94 valence electrons. The van der Waals surface area contributed by atoms with E-state index < -0.39 is 0 Å². The summed E-state index contributed by atoms with van der Waals surface area (Å²) in [5.74, 6) is -0.149. The van der Waals surface area contributed by atoms with Gasteiger partial charge in [-0.05, 0) is 19.3 Å². The van der Waals surface area contributed by atoms with Crippen molar-refractivity contribution in [2.45, 2.75) is 31.4 Å². The van der Waals surface area contributed by atoms with E-state index >= 15 is 0 Å². The Labute approximate surface area is 104 Å². The molecule has 0 spiro atoms. The number of hydrogen-bond acceptors (Lipinski definition) is 5. The van der Waals surface area contributed by atoms with Gasteiger partial charge in [-0.1, -0.05) is 0 Å². The number of rotatable bonds is 5. The molecule has 1 aliphatic carbocycles. The molecule has 3 N–H and O–H groups in total. The summed E-state index contributed by atoms with van der Waals surface area (Å²) < 4.78 is 5.43. The number of nitrogens with one attached hydrogen (secondary N) is 1. The Morgan fingerprint density at radius 3 is 2.94 bits per heavy atom. The van der Waals surface area contributed by atoms with E-state index in [0.717, 1.165) is 24.3 Å². The number of amides is 1. The molecule has 17 heavy (non-hydrogen) atoms. The van der Waals surface area contributed by atoms with E-state index in [0.29, 0.717) is 18.8 Å². The van der Waals surface area contributed by atoms with Crippen molar-refractivity contribution < 1.29 is 9.53 Å². The van der Waals surface area contributed by atoms with Gasteiger partial charge < -0.3 is 15.8 Å². The van der Waals surface area contributed by atoms with Crippen molar-refractivity contribution in [3.63, 3.8) is 0 Å². The van der Waals surface area contributed by atoms with Crippen molar-refractivity contribution in [1.82, 2.24) is 10.3 Å². The van der Waals surface area contributed by atoms with Crippen LogP contribution in [0, 0.1) is 0 Å². The Morgan fingerprint density at radius 2 is 2.47 bits per heavy atom. The molecular weight excluding hydrogens is 238 g/mol. The van der Waals surface area contributed by atoms with E-state index in [2.05, 4.69) is 10.3 Å². The first-order chi connectivity index (χ1) is 8.19. The predicted octanol–water partition coefficient (Wildman–Crippen LogP) is 0.901. The minimum absolute atomic E-state index is 0.149. The van der Waals surface area contributed by atoms with Gasteiger partial charge in [0.1, 0.15) is 10.7 Å². The largest absolute Gasteiger partial charge is 0.376 e. The lowest BCUT2D eigenvalue weighted by atomic mass is 9.80. The molecule has 0 atom stereocenters. The van der Waals surface area contributed by atoms with Crippen LogP contribution in [0.5, 0.6) is 0 Å². The average Bonchev–Trinajstić information content (AvgIpc) is 2.76. The van der Waals surface area contributed by atoms with Gasteiger partial charge in [-0.3, -0.25) is 4.79 Å². The minimum atomic E-state index is -0.150. The molecular formula is C11H17N3O2S. The van der Waals surface area contributed by atoms with Crippen LogP contribution < -0.4 is 11.1 Å². The van der Waals surface area contributed by atoms with Gasteiger partial charge in [-0.25, -0.2) is 4.98 Å². The Balaban J connectivity index is 1.88. The number of carbonyl (C=O) groups excluding carboxylic acids is 1. The van der Waals surface area contributed by atoms with E-state index in [9.17, 15) is 4.79 Å². The fraction of sp³-hybridized carbons (Fsp3) is 0.636. The number of methoxy groups -OCH3 is 1. The maximum Gasteiger partial charge on any atom is 0.270 e. The van der Waals surface area contributed by atoms with Crippen LogP contribution in [-0.4, -0.2) is 30.1 Å². The third-order valence-corrected chi connectivity index (χ3v) is 4.10. The maximum absolute atomic E-state index is 11.8. The van der Waals surface area contributed by atoms with Crippen LogP contribution >= 0.6 is 11.3 Å². The summed E-state index contributed by atoms with van der Waals surface area (Å²) in [7, 11) is 1.70. The lowest BCUT2D eigenvalue weighted by Crippen LogP contribution is -2.49. The van der Waals surface area contributed by atoms with Crippen molar-refractivity contribution in [2.75, 3.05) is 13.7 Å². The Bertz CT molecular complexity index is 396. The highest BCUT2D eigenvalue weighted by atomic mass is 32.1. The zero-order valence-corrected chi connectivity index (χ0v) is 10.7. The number of nitrogens with two attached hydrogens (primary N) is 1. The van der Waals surface area contributed by atoms with Gasteiger partial charge in [0.15, 0.2) is 0 Å². The molecule has 1 saturated carbocycles. The third-order valence-electron chi connectivity index (χ3n) is 3.23. The number of nitrogens with zero attached hydrogens (tertiary/aromatic N) is 1. The summed E-state index contributed by atoms with van der Waals surface area (Å²) in [4.78, 5) is 16.0. The van der Waals surface area contributed by atoms with Crippen molar-refractivity contribution in [2.24, 2.45) is 5.73 Å². The summed E-state index contributed by atoms with van der Waals surface area (Å²) in [5, 5.41) is 5.38. The molecule has 0 radical (unpaired) electrons. The van der Waals surface area contributed by atoms with Gasteiger partial charge in [-0.2, -0.15) is 0 Å². The number of aromatic nitrogens is 1. The molecule has 0 unspecified atom stereocenters. The molecule has 0 aromatic carbocycles. The van der Waals surface area contributed by atoms with E-state index in [1.165, 1.54) is 11.3 Å². The van der Waals surface area contributed by atoms with Gasteiger partial charge in [0.05, 0.1) is 5.60 Å². The minimum Gasteiger partial charge on any atom is -0.376 e. The topological polar surface area (TPSA) is 77.2 Å². The predicted molar refractivity (Wildman–Crippen MR) is 65.9 cm³/mol. The second-order valence-electron chi connectivity index (χ2n) is 4.25. The molecule has 5 nitrogen and oxygen atoms in total. The van der Waals surface area contributed by atoms with Crippen LogP contribution in [0.15, 0.2) is 5.38 Å². The fourth-order valence-electron chi connectivity index (χ4n) is 1.87. The summed E-state index contributed by atoms with van der Waals surface area (Å²) in [6, 6.07) is 0. The van der Waals surface area contributed by atoms with E-state index in [-0.39, 0.29) is 11.5 Å². The zero-order chi connectivity index (χ0) is 12.3. The first-order valence-electron chi connectivity index (χ1n) is 5.67. The average molecular weight is 255 g/mol. The molecule has 0 saturated heterocycles. The quantitative estimate of drug-likeness (QED) is 0.819. The second-order valence-corrected chi connectivity index (χ2v) is 5.20. The van der Waals surface area contributed by atoms with E-state index in [1.54, 1.807) is 12.5 Å². The summed E-state index contributed by atoms with van der Waals surface area (Å²) in [6.45, 7) is 0.928. The van der Waals surface area contributed by atoms with Gasteiger partial charge in [0.25, 0.3) is 5.91 Å². The molecule has 1 amide bonds. The molecule has 1 aromatic rings. The molecule has 6 heteroatoms. The Kier molecular flexibility index (Phi) is 3.76. The van der Waals surface area contributed by atoms with Gasteiger partial charge >= 0.3 is 0 Å². The lowest BCUT2D eigenvalue weighted by molar-refractivity contribution is -0.0679. The van der Waals surface area contributed by atoms with Crippen molar-refractivity contribution >= 4 is 17.2 Å². The van der Waals surface area contributed by atoms with E-state index in [1.807, 2.05) is 0 Å². The van der Waals surface area contributed by atoms with Crippen LogP contribution in [0.25, 0.3) is 0 Å². The highest BCUT2D eigenvalue weighted by Crippen LogP contribution is 2.34. The Morgan fingerprint density at radius 1 is 1.71 bits per heavy atom. The normalized spacial score (nSPS) is 17.5. The second kappa shape index (κ2) is 5.12. The van der Waals surface area contributed by atoms with Crippen molar-refractivity contribution in [3.8, 4) is 0 Å². The standard InChI is InChI=1S/C11H17N3O2S/c1-16-11(3-2-4-11)7-13-10(15)8-6-17-9(5-12)14-8/h6H,2-5,7,12H2,1H3,(H,13,15). The van der Waals surface area contributed by atoms with Gasteiger partial charge in [0, 0.05) is 25.6 Å². The van der Waals surface area contributed by atoms with Gasteiger partial charge in [-0.15, -0.1) is 11.3 Å². The molecule has 1 heterocycles.